The van der Waals surface area contributed by atoms with Crippen molar-refractivity contribution in [2.45, 2.75) is 33.6 Å². The van der Waals surface area contributed by atoms with Gasteiger partial charge in [-0.25, -0.2) is 0 Å². The average Bonchev–Trinajstić information content (AvgIpc) is 2.73. The first-order valence-electron chi connectivity index (χ1n) is 6.41. The van der Waals surface area contributed by atoms with Crippen molar-refractivity contribution < 1.29 is 4.74 Å². The lowest BCUT2D eigenvalue weighted by atomic mass is 9.78. The molecule has 1 aliphatic heterocycles. The van der Waals surface area contributed by atoms with Crippen LogP contribution in [0.1, 0.15) is 28.7 Å². The fourth-order valence-corrected chi connectivity index (χ4v) is 2.89. The van der Waals surface area contributed by atoms with Gasteiger partial charge >= 0.3 is 0 Å². The zero-order chi connectivity index (χ0) is 12.5. The van der Waals surface area contributed by atoms with E-state index in [1.807, 2.05) is 0 Å². The first kappa shape index (κ1) is 12.6. The number of hydrogen-bond acceptors (Lipinski definition) is 2. The monoisotopic (exact) mass is 233 g/mol. The summed E-state index contributed by atoms with van der Waals surface area (Å²) in [4.78, 5) is 0. The predicted octanol–water partition coefficient (Wildman–Crippen LogP) is 2.52. The maximum atomic E-state index is 5.97. The van der Waals surface area contributed by atoms with Crippen molar-refractivity contribution in [3.8, 4) is 0 Å². The Morgan fingerprint density at radius 1 is 1.24 bits per heavy atom. The van der Waals surface area contributed by atoms with Gasteiger partial charge in [-0.05, 0) is 50.3 Å². The van der Waals surface area contributed by atoms with Crippen LogP contribution in [0.25, 0.3) is 0 Å². The van der Waals surface area contributed by atoms with Crippen LogP contribution in [0.2, 0.25) is 0 Å². The first-order chi connectivity index (χ1) is 8.06. The largest absolute Gasteiger partial charge is 0.381 e. The van der Waals surface area contributed by atoms with Crippen molar-refractivity contribution >= 4 is 0 Å². The second-order valence-corrected chi connectivity index (χ2v) is 5.56. The first-order valence-corrected chi connectivity index (χ1v) is 6.41. The summed E-state index contributed by atoms with van der Waals surface area (Å²) in [6.45, 7) is 8.96. The summed E-state index contributed by atoms with van der Waals surface area (Å²) in [7, 11) is 0. The molecule has 17 heavy (non-hydrogen) atoms. The van der Waals surface area contributed by atoms with Gasteiger partial charge in [0.1, 0.15) is 0 Å². The lowest BCUT2D eigenvalue weighted by molar-refractivity contribution is 0.154. The summed E-state index contributed by atoms with van der Waals surface area (Å²) in [6.07, 6.45) is 2.15. The molecular weight excluding hydrogens is 210 g/mol. The number of rotatable bonds is 3. The van der Waals surface area contributed by atoms with E-state index in [0.717, 1.165) is 32.6 Å². The van der Waals surface area contributed by atoms with Gasteiger partial charge < -0.3 is 10.5 Å². The summed E-state index contributed by atoms with van der Waals surface area (Å²) >= 11 is 0. The molecule has 1 saturated heterocycles. The zero-order valence-electron chi connectivity index (χ0n) is 11.2. The Morgan fingerprint density at radius 2 is 1.88 bits per heavy atom. The van der Waals surface area contributed by atoms with E-state index in [0.29, 0.717) is 0 Å². The van der Waals surface area contributed by atoms with E-state index < -0.39 is 0 Å². The Labute approximate surface area is 104 Å². The molecule has 94 valence electrons. The van der Waals surface area contributed by atoms with E-state index in [4.69, 9.17) is 10.5 Å². The standard InChI is InChI=1S/C15H23NO/c1-11-6-12(2)14(13(3)7-11)8-15(9-16)4-5-17-10-15/h6-7H,4-5,8-10,16H2,1-3H3. The van der Waals surface area contributed by atoms with Gasteiger partial charge in [-0.15, -0.1) is 0 Å². The third-order valence-electron chi connectivity index (χ3n) is 4.01. The van der Waals surface area contributed by atoms with Crippen molar-refractivity contribution in [3.05, 3.63) is 34.4 Å². The smallest absolute Gasteiger partial charge is 0.0538 e. The zero-order valence-corrected chi connectivity index (χ0v) is 11.2. The molecule has 0 saturated carbocycles. The quantitative estimate of drug-likeness (QED) is 0.870. The maximum Gasteiger partial charge on any atom is 0.0538 e. The molecule has 2 N–H and O–H groups in total. The number of benzene rings is 1. The number of ether oxygens (including phenoxy) is 1. The highest BCUT2D eigenvalue weighted by Crippen LogP contribution is 2.33. The van der Waals surface area contributed by atoms with Crippen molar-refractivity contribution in [1.29, 1.82) is 0 Å². The molecule has 2 nitrogen and oxygen atoms in total. The number of hydrogen-bond donors (Lipinski definition) is 1. The Morgan fingerprint density at radius 3 is 2.35 bits per heavy atom. The van der Waals surface area contributed by atoms with E-state index in [1.165, 1.54) is 22.3 Å². The van der Waals surface area contributed by atoms with E-state index in [-0.39, 0.29) is 5.41 Å². The SMILES string of the molecule is Cc1cc(C)c(CC2(CN)CCOC2)c(C)c1. The van der Waals surface area contributed by atoms with Gasteiger partial charge in [-0.3, -0.25) is 0 Å². The summed E-state index contributed by atoms with van der Waals surface area (Å²) in [6, 6.07) is 4.53. The van der Waals surface area contributed by atoms with Crippen LogP contribution in [0.5, 0.6) is 0 Å². The summed E-state index contributed by atoms with van der Waals surface area (Å²) in [5, 5.41) is 0. The molecule has 2 rings (SSSR count). The molecule has 0 amide bonds. The highest BCUT2D eigenvalue weighted by Gasteiger charge is 2.34. The Hall–Kier alpha value is -0.860. The van der Waals surface area contributed by atoms with Gasteiger partial charge in [0.25, 0.3) is 0 Å². The lowest BCUT2D eigenvalue weighted by Gasteiger charge is -2.27. The van der Waals surface area contributed by atoms with Gasteiger partial charge in [0, 0.05) is 18.6 Å². The van der Waals surface area contributed by atoms with Crippen LogP contribution in [0.4, 0.5) is 0 Å². The highest BCUT2D eigenvalue weighted by molar-refractivity contribution is 5.38. The van der Waals surface area contributed by atoms with Crippen molar-refractivity contribution in [2.75, 3.05) is 19.8 Å². The van der Waals surface area contributed by atoms with Crippen molar-refractivity contribution in [1.82, 2.24) is 0 Å². The molecule has 2 heteroatoms. The van der Waals surface area contributed by atoms with Crippen LogP contribution in [-0.4, -0.2) is 19.8 Å². The minimum absolute atomic E-state index is 0.171. The van der Waals surface area contributed by atoms with Crippen molar-refractivity contribution in [2.24, 2.45) is 11.1 Å². The number of aryl methyl sites for hydroxylation is 3. The Kier molecular flexibility index (Phi) is 3.55. The van der Waals surface area contributed by atoms with Crippen LogP contribution in [-0.2, 0) is 11.2 Å². The molecule has 1 aromatic rings. The van der Waals surface area contributed by atoms with Crippen molar-refractivity contribution in [3.63, 3.8) is 0 Å². The lowest BCUT2D eigenvalue weighted by Crippen LogP contribution is -2.33. The predicted molar refractivity (Wildman–Crippen MR) is 71.3 cm³/mol. The molecule has 0 aromatic heterocycles. The fourth-order valence-electron chi connectivity index (χ4n) is 2.89. The summed E-state index contributed by atoms with van der Waals surface area (Å²) < 4.78 is 5.55. The summed E-state index contributed by atoms with van der Waals surface area (Å²) in [5.41, 5.74) is 11.7. The van der Waals surface area contributed by atoms with Gasteiger partial charge in [0.15, 0.2) is 0 Å². The second kappa shape index (κ2) is 4.79. The maximum absolute atomic E-state index is 5.97. The molecular formula is C15H23NO. The van der Waals surface area contributed by atoms with Crippen LogP contribution in [0.3, 0.4) is 0 Å². The molecule has 1 aliphatic rings. The Bertz CT molecular complexity index is 382. The second-order valence-electron chi connectivity index (χ2n) is 5.56. The molecule has 1 aromatic carbocycles. The highest BCUT2D eigenvalue weighted by atomic mass is 16.5. The average molecular weight is 233 g/mol. The molecule has 1 unspecified atom stereocenters. The molecule has 0 bridgehead atoms. The molecule has 0 aliphatic carbocycles. The third-order valence-corrected chi connectivity index (χ3v) is 4.01. The topological polar surface area (TPSA) is 35.2 Å². The fraction of sp³-hybridized carbons (Fsp3) is 0.600. The number of nitrogens with two attached hydrogens (primary N) is 1. The van der Waals surface area contributed by atoms with Gasteiger partial charge in [0.05, 0.1) is 6.61 Å². The van der Waals surface area contributed by atoms with E-state index in [1.54, 1.807) is 0 Å². The normalized spacial score (nSPS) is 24.2. The summed E-state index contributed by atoms with van der Waals surface area (Å²) in [5.74, 6) is 0. The Balaban J connectivity index is 2.29. The molecule has 0 radical (unpaired) electrons. The minimum atomic E-state index is 0.171. The van der Waals surface area contributed by atoms with Crippen LogP contribution >= 0.6 is 0 Å². The van der Waals surface area contributed by atoms with E-state index >= 15 is 0 Å². The molecule has 0 spiro atoms. The molecule has 1 heterocycles. The van der Waals surface area contributed by atoms with Crippen LogP contribution < -0.4 is 5.73 Å². The molecule has 1 atom stereocenters. The van der Waals surface area contributed by atoms with Gasteiger partial charge in [-0.1, -0.05) is 17.7 Å². The van der Waals surface area contributed by atoms with Crippen LogP contribution in [0.15, 0.2) is 12.1 Å². The van der Waals surface area contributed by atoms with Crippen LogP contribution in [0, 0.1) is 26.2 Å². The van der Waals surface area contributed by atoms with Gasteiger partial charge in [0.2, 0.25) is 0 Å². The third kappa shape index (κ3) is 2.53. The van der Waals surface area contributed by atoms with E-state index in [9.17, 15) is 0 Å². The van der Waals surface area contributed by atoms with Gasteiger partial charge in [-0.2, -0.15) is 0 Å². The molecule has 1 fully saturated rings. The van der Waals surface area contributed by atoms with E-state index in [2.05, 4.69) is 32.9 Å². The minimum Gasteiger partial charge on any atom is -0.381 e.